The molecule has 0 saturated carbocycles. The van der Waals surface area contributed by atoms with Gasteiger partial charge in [0, 0.05) is 22.8 Å². The molecule has 0 amide bonds. The van der Waals surface area contributed by atoms with Crippen LogP contribution in [0.4, 0.5) is 5.82 Å². The molecular formula is C17H24ClN3OS. The van der Waals surface area contributed by atoms with Crippen LogP contribution >= 0.6 is 22.9 Å². The lowest BCUT2D eigenvalue weighted by atomic mass is 10.2. The van der Waals surface area contributed by atoms with Crippen LogP contribution in [0.5, 0.6) is 0 Å². The largest absolute Gasteiger partial charge is 0.381 e. The van der Waals surface area contributed by atoms with E-state index in [1.165, 1.54) is 9.75 Å². The van der Waals surface area contributed by atoms with Gasteiger partial charge in [0.25, 0.3) is 0 Å². The summed E-state index contributed by atoms with van der Waals surface area (Å²) in [4.78, 5) is 11.2. The predicted octanol–water partition coefficient (Wildman–Crippen LogP) is 4.90. The Morgan fingerprint density at radius 1 is 1.26 bits per heavy atom. The molecule has 0 spiro atoms. The van der Waals surface area contributed by atoms with Gasteiger partial charge in [-0.15, -0.1) is 11.3 Å². The maximum atomic E-state index is 6.39. The van der Waals surface area contributed by atoms with Crippen molar-refractivity contribution in [3.05, 3.63) is 38.9 Å². The Labute approximate surface area is 147 Å². The second kappa shape index (κ2) is 9.21. The molecule has 0 fully saturated rings. The summed E-state index contributed by atoms with van der Waals surface area (Å²) in [7, 11) is 0. The van der Waals surface area contributed by atoms with Gasteiger partial charge in [0.15, 0.2) is 0 Å². The number of nitrogens with zero attached hydrogens (tertiary/aromatic N) is 2. The summed E-state index contributed by atoms with van der Waals surface area (Å²) in [5, 5.41) is 4.09. The fraction of sp³-hybridized carbons (Fsp3) is 0.529. The molecule has 0 aliphatic heterocycles. The van der Waals surface area contributed by atoms with Crippen LogP contribution in [0.2, 0.25) is 5.02 Å². The fourth-order valence-corrected chi connectivity index (χ4v) is 3.74. The summed E-state index contributed by atoms with van der Waals surface area (Å²) in [5.74, 6) is 0.717. The third kappa shape index (κ3) is 4.90. The minimum Gasteiger partial charge on any atom is -0.381 e. The second-order valence-corrected chi connectivity index (χ2v) is 6.77. The van der Waals surface area contributed by atoms with Crippen molar-refractivity contribution in [2.45, 2.75) is 46.1 Å². The number of anilines is 1. The number of hydrogen-bond acceptors (Lipinski definition) is 5. The maximum absolute atomic E-state index is 6.39. The van der Waals surface area contributed by atoms with Crippen molar-refractivity contribution in [3.8, 4) is 0 Å². The number of aromatic nitrogens is 2. The molecule has 1 unspecified atom stereocenters. The Balaban J connectivity index is 2.08. The molecule has 4 nitrogen and oxygen atoms in total. The molecule has 1 atom stereocenters. The van der Waals surface area contributed by atoms with E-state index in [4.69, 9.17) is 16.3 Å². The van der Waals surface area contributed by atoms with E-state index in [0.29, 0.717) is 5.02 Å². The van der Waals surface area contributed by atoms with E-state index < -0.39 is 0 Å². The van der Waals surface area contributed by atoms with E-state index in [0.717, 1.165) is 44.0 Å². The molecule has 0 aromatic carbocycles. The topological polar surface area (TPSA) is 47.0 Å². The Morgan fingerprint density at radius 3 is 2.78 bits per heavy atom. The SMILES string of the molecule is CCOCCc1ccc(C(CC)Nc2ncnc(CC)c2Cl)s1. The summed E-state index contributed by atoms with van der Waals surface area (Å²) < 4.78 is 5.43. The molecule has 2 heterocycles. The zero-order valence-corrected chi connectivity index (χ0v) is 15.5. The first kappa shape index (κ1) is 18.2. The molecule has 2 aromatic heterocycles. The number of hydrogen-bond donors (Lipinski definition) is 1. The number of aryl methyl sites for hydroxylation is 1. The van der Waals surface area contributed by atoms with Crippen LogP contribution in [0.3, 0.4) is 0 Å². The maximum Gasteiger partial charge on any atom is 0.149 e. The number of thiophene rings is 1. The number of halogens is 1. The highest BCUT2D eigenvalue weighted by molar-refractivity contribution is 7.12. The third-order valence-corrected chi connectivity index (χ3v) is 5.29. The first-order chi connectivity index (χ1) is 11.2. The van der Waals surface area contributed by atoms with Gasteiger partial charge in [0.2, 0.25) is 0 Å². The van der Waals surface area contributed by atoms with Gasteiger partial charge in [0.05, 0.1) is 18.3 Å². The van der Waals surface area contributed by atoms with Crippen LogP contribution in [0.25, 0.3) is 0 Å². The summed E-state index contributed by atoms with van der Waals surface area (Å²) in [6.07, 6.45) is 4.30. The van der Waals surface area contributed by atoms with E-state index in [-0.39, 0.29) is 6.04 Å². The minimum absolute atomic E-state index is 0.206. The Bertz CT molecular complexity index is 618. The highest BCUT2D eigenvalue weighted by Gasteiger charge is 2.16. The van der Waals surface area contributed by atoms with Crippen LogP contribution in [0.15, 0.2) is 18.5 Å². The van der Waals surface area contributed by atoms with Gasteiger partial charge < -0.3 is 10.1 Å². The highest BCUT2D eigenvalue weighted by Crippen LogP contribution is 2.31. The first-order valence-electron chi connectivity index (χ1n) is 8.11. The molecule has 0 saturated heterocycles. The van der Waals surface area contributed by atoms with Gasteiger partial charge in [-0.25, -0.2) is 9.97 Å². The van der Waals surface area contributed by atoms with Crippen molar-refractivity contribution in [2.75, 3.05) is 18.5 Å². The molecule has 0 radical (unpaired) electrons. The van der Waals surface area contributed by atoms with E-state index in [2.05, 4.69) is 34.3 Å². The van der Waals surface area contributed by atoms with Crippen molar-refractivity contribution in [2.24, 2.45) is 0 Å². The first-order valence-corrected chi connectivity index (χ1v) is 9.31. The number of nitrogens with one attached hydrogen (secondary N) is 1. The van der Waals surface area contributed by atoms with Crippen LogP contribution in [-0.4, -0.2) is 23.2 Å². The van der Waals surface area contributed by atoms with Crippen molar-refractivity contribution >= 4 is 28.8 Å². The molecule has 6 heteroatoms. The average Bonchev–Trinajstić information content (AvgIpc) is 3.03. The molecule has 0 bridgehead atoms. The molecule has 0 aliphatic carbocycles. The lowest BCUT2D eigenvalue weighted by molar-refractivity contribution is 0.151. The third-order valence-electron chi connectivity index (χ3n) is 3.64. The zero-order valence-electron chi connectivity index (χ0n) is 13.9. The molecule has 23 heavy (non-hydrogen) atoms. The lowest BCUT2D eigenvalue weighted by Gasteiger charge is -2.17. The van der Waals surface area contributed by atoms with Crippen molar-refractivity contribution < 1.29 is 4.74 Å². The standard InChI is InChI=1S/C17H24ClN3OS/c1-4-13(15-8-7-12(23-15)9-10-22-6-3)21-17-16(18)14(5-2)19-11-20-17/h7-8,11,13H,4-6,9-10H2,1-3H3,(H,19,20,21). The van der Waals surface area contributed by atoms with E-state index >= 15 is 0 Å². The zero-order chi connectivity index (χ0) is 16.7. The molecule has 2 rings (SSSR count). The molecule has 1 N–H and O–H groups in total. The van der Waals surface area contributed by atoms with Crippen LogP contribution < -0.4 is 5.32 Å². The Kier molecular flexibility index (Phi) is 7.27. The lowest BCUT2D eigenvalue weighted by Crippen LogP contribution is -2.11. The smallest absolute Gasteiger partial charge is 0.149 e. The van der Waals surface area contributed by atoms with Crippen LogP contribution in [0.1, 0.15) is 48.7 Å². The quantitative estimate of drug-likeness (QED) is 0.651. The van der Waals surface area contributed by atoms with Crippen molar-refractivity contribution in [1.29, 1.82) is 0 Å². The number of ether oxygens (including phenoxy) is 1. The summed E-state index contributed by atoms with van der Waals surface area (Å²) in [6.45, 7) is 7.76. The van der Waals surface area contributed by atoms with Crippen LogP contribution in [0, 0.1) is 0 Å². The Hall–Kier alpha value is -1.17. The predicted molar refractivity (Wildman–Crippen MR) is 97.6 cm³/mol. The monoisotopic (exact) mass is 353 g/mol. The molecule has 2 aromatic rings. The summed E-state index contributed by atoms with van der Waals surface area (Å²) in [5.41, 5.74) is 0.877. The average molecular weight is 354 g/mol. The minimum atomic E-state index is 0.206. The van der Waals surface area contributed by atoms with Gasteiger partial charge in [0.1, 0.15) is 17.2 Å². The number of rotatable bonds is 9. The van der Waals surface area contributed by atoms with Gasteiger partial charge in [-0.2, -0.15) is 0 Å². The van der Waals surface area contributed by atoms with E-state index in [1.54, 1.807) is 6.33 Å². The molecular weight excluding hydrogens is 330 g/mol. The normalized spacial score (nSPS) is 12.3. The fourth-order valence-electron chi connectivity index (χ4n) is 2.33. The summed E-state index contributed by atoms with van der Waals surface area (Å²) >= 11 is 8.21. The van der Waals surface area contributed by atoms with E-state index in [9.17, 15) is 0 Å². The van der Waals surface area contributed by atoms with E-state index in [1.807, 2.05) is 25.2 Å². The van der Waals surface area contributed by atoms with Gasteiger partial charge in [-0.3, -0.25) is 0 Å². The van der Waals surface area contributed by atoms with Gasteiger partial charge in [-0.05, 0) is 31.9 Å². The molecule has 126 valence electrons. The Morgan fingerprint density at radius 2 is 2.09 bits per heavy atom. The van der Waals surface area contributed by atoms with Crippen molar-refractivity contribution in [1.82, 2.24) is 9.97 Å². The summed E-state index contributed by atoms with van der Waals surface area (Å²) in [6, 6.07) is 4.57. The van der Waals surface area contributed by atoms with Crippen molar-refractivity contribution in [3.63, 3.8) is 0 Å². The molecule has 0 aliphatic rings. The van der Waals surface area contributed by atoms with Gasteiger partial charge >= 0.3 is 0 Å². The van der Waals surface area contributed by atoms with Crippen LogP contribution in [-0.2, 0) is 17.6 Å². The highest BCUT2D eigenvalue weighted by atomic mass is 35.5. The second-order valence-electron chi connectivity index (χ2n) is 5.19. The van der Waals surface area contributed by atoms with Gasteiger partial charge in [-0.1, -0.05) is 25.4 Å².